The van der Waals surface area contributed by atoms with E-state index in [9.17, 15) is 13.2 Å². The zero-order valence-corrected chi connectivity index (χ0v) is 16.7. The van der Waals surface area contributed by atoms with E-state index < -0.39 is 22.1 Å². The second kappa shape index (κ2) is 8.62. The standard InChI is InChI=1S/C19H19ClN2O5S/c1-2-26-19(23)18-12-16(27-21-18)13-22(15-10-8-14(20)9-11-15)28(24,25)17-6-4-3-5-7-17/h3-11,16H,2,12-13H2,1H3/t16-/m1/s1. The van der Waals surface area contributed by atoms with E-state index in [4.69, 9.17) is 21.2 Å². The Kier molecular flexibility index (Phi) is 6.21. The van der Waals surface area contributed by atoms with E-state index in [0.717, 1.165) is 0 Å². The summed E-state index contributed by atoms with van der Waals surface area (Å²) in [7, 11) is -3.86. The van der Waals surface area contributed by atoms with Gasteiger partial charge >= 0.3 is 5.97 Å². The monoisotopic (exact) mass is 422 g/mol. The van der Waals surface area contributed by atoms with Crippen molar-refractivity contribution in [1.82, 2.24) is 0 Å². The van der Waals surface area contributed by atoms with Crippen molar-refractivity contribution in [2.45, 2.75) is 24.3 Å². The van der Waals surface area contributed by atoms with E-state index in [1.807, 2.05) is 0 Å². The van der Waals surface area contributed by atoms with Gasteiger partial charge < -0.3 is 9.57 Å². The SMILES string of the molecule is CCOC(=O)C1=NO[C@@H](CN(c2ccc(Cl)cc2)S(=O)(=O)c2ccccc2)C1. The van der Waals surface area contributed by atoms with Gasteiger partial charge in [-0.3, -0.25) is 4.31 Å². The third kappa shape index (κ3) is 4.45. The van der Waals surface area contributed by atoms with Gasteiger partial charge in [0.15, 0.2) is 11.8 Å². The molecule has 0 saturated carbocycles. The molecule has 1 atom stereocenters. The molecule has 0 fully saturated rings. The van der Waals surface area contributed by atoms with Crippen LogP contribution in [-0.2, 0) is 24.4 Å². The summed E-state index contributed by atoms with van der Waals surface area (Å²) in [6, 6.07) is 14.5. The van der Waals surface area contributed by atoms with Gasteiger partial charge in [-0.05, 0) is 43.3 Å². The molecule has 1 heterocycles. The van der Waals surface area contributed by atoms with Crippen LogP contribution in [0, 0.1) is 0 Å². The molecule has 2 aromatic carbocycles. The average molecular weight is 423 g/mol. The number of nitrogens with zero attached hydrogens (tertiary/aromatic N) is 2. The normalized spacial score (nSPS) is 16.2. The molecule has 0 bridgehead atoms. The van der Waals surface area contributed by atoms with Crippen LogP contribution >= 0.6 is 11.6 Å². The van der Waals surface area contributed by atoms with Crippen molar-refractivity contribution in [2.75, 3.05) is 17.5 Å². The van der Waals surface area contributed by atoms with Crippen LogP contribution in [0.2, 0.25) is 5.02 Å². The number of rotatable bonds is 7. The summed E-state index contributed by atoms with van der Waals surface area (Å²) >= 11 is 5.94. The number of sulfonamides is 1. The molecule has 7 nitrogen and oxygen atoms in total. The maximum absolute atomic E-state index is 13.2. The van der Waals surface area contributed by atoms with E-state index >= 15 is 0 Å². The lowest BCUT2D eigenvalue weighted by Crippen LogP contribution is -2.38. The van der Waals surface area contributed by atoms with Crippen molar-refractivity contribution < 1.29 is 22.8 Å². The van der Waals surface area contributed by atoms with Gasteiger partial charge in [0, 0.05) is 11.4 Å². The third-order valence-corrected chi connectivity index (χ3v) is 6.12. The quantitative estimate of drug-likeness (QED) is 0.639. The topological polar surface area (TPSA) is 85.3 Å². The van der Waals surface area contributed by atoms with Crippen LogP contribution in [0.3, 0.4) is 0 Å². The molecular weight excluding hydrogens is 404 g/mol. The summed E-state index contributed by atoms with van der Waals surface area (Å²) in [5.74, 6) is -0.561. The van der Waals surface area contributed by atoms with Crippen molar-refractivity contribution >= 4 is 39.0 Å². The van der Waals surface area contributed by atoms with E-state index in [1.165, 1.54) is 16.4 Å². The first-order valence-electron chi connectivity index (χ1n) is 8.65. The second-order valence-corrected chi connectivity index (χ2v) is 8.31. The third-order valence-electron chi connectivity index (χ3n) is 4.06. The molecule has 0 saturated heterocycles. The van der Waals surface area contributed by atoms with Gasteiger partial charge in [-0.1, -0.05) is 35.0 Å². The second-order valence-electron chi connectivity index (χ2n) is 6.02. The fourth-order valence-electron chi connectivity index (χ4n) is 2.72. The van der Waals surface area contributed by atoms with E-state index in [1.54, 1.807) is 49.4 Å². The average Bonchev–Trinajstić information content (AvgIpc) is 3.17. The predicted molar refractivity (Wildman–Crippen MR) is 106 cm³/mol. The Morgan fingerprint density at radius 2 is 1.89 bits per heavy atom. The zero-order chi connectivity index (χ0) is 20.1. The highest BCUT2D eigenvalue weighted by Gasteiger charge is 2.33. The molecule has 0 aromatic heterocycles. The van der Waals surface area contributed by atoms with Crippen molar-refractivity contribution in [3.63, 3.8) is 0 Å². The molecule has 0 unspecified atom stereocenters. The van der Waals surface area contributed by atoms with Gasteiger partial charge in [0.25, 0.3) is 10.0 Å². The summed E-state index contributed by atoms with van der Waals surface area (Å²) in [4.78, 5) is 17.3. The number of esters is 1. The molecule has 1 aliphatic rings. The largest absolute Gasteiger partial charge is 0.461 e. The molecule has 0 N–H and O–H groups in total. The summed E-state index contributed by atoms with van der Waals surface area (Å²) < 4.78 is 32.6. The molecule has 1 aliphatic heterocycles. The van der Waals surface area contributed by atoms with Gasteiger partial charge in [0.05, 0.1) is 23.7 Å². The Bertz CT molecular complexity index is 962. The zero-order valence-electron chi connectivity index (χ0n) is 15.1. The number of carbonyl (C=O) groups excluding carboxylic acids is 1. The number of anilines is 1. The van der Waals surface area contributed by atoms with Crippen LogP contribution < -0.4 is 4.31 Å². The van der Waals surface area contributed by atoms with Gasteiger partial charge in [-0.25, -0.2) is 13.2 Å². The van der Waals surface area contributed by atoms with Gasteiger partial charge in [0.2, 0.25) is 0 Å². The summed E-state index contributed by atoms with van der Waals surface area (Å²) in [5.41, 5.74) is 0.571. The lowest BCUT2D eigenvalue weighted by Gasteiger charge is -2.26. The fraction of sp³-hybridized carbons (Fsp3) is 0.263. The maximum atomic E-state index is 13.2. The van der Waals surface area contributed by atoms with Crippen LogP contribution in [0.15, 0.2) is 64.6 Å². The van der Waals surface area contributed by atoms with Crippen molar-refractivity contribution in [3.8, 4) is 0 Å². The highest BCUT2D eigenvalue weighted by atomic mass is 35.5. The van der Waals surface area contributed by atoms with Crippen molar-refractivity contribution in [2.24, 2.45) is 5.16 Å². The molecule has 0 aliphatic carbocycles. The minimum absolute atomic E-state index is 0.0226. The van der Waals surface area contributed by atoms with Crippen LogP contribution in [0.25, 0.3) is 0 Å². The maximum Gasteiger partial charge on any atom is 0.356 e. The van der Waals surface area contributed by atoms with Crippen LogP contribution in [0.1, 0.15) is 13.3 Å². The van der Waals surface area contributed by atoms with E-state index in [2.05, 4.69) is 5.16 Å². The number of hydrogen-bond acceptors (Lipinski definition) is 6. The fourth-order valence-corrected chi connectivity index (χ4v) is 4.36. The molecule has 28 heavy (non-hydrogen) atoms. The summed E-state index contributed by atoms with van der Waals surface area (Å²) in [6.07, 6.45) is -0.457. The number of oxime groups is 1. The molecule has 9 heteroatoms. The molecule has 2 aromatic rings. The molecule has 148 valence electrons. The van der Waals surface area contributed by atoms with Crippen LogP contribution in [0.4, 0.5) is 5.69 Å². The number of hydrogen-bond donors (Lipinski definition) is 0. The Morgan fingerprint density at radius 3 is 2.54 bits per heavy atom. The van der Waals surface area contributed by atoms with Crippen LogP contribution in [0.5, 0.6) is 0 Å². The Labute approximate surface area is 168 Å². The minimum atomic E-state index is -3.86. The Morgan fingerprint density at radius 1 is 1.21 bits per heavy atom. The van der Waals surface area contributed by atoms with Crippen LogP contribution in [-0.4, -0.2) is 39.4 Å². The number of benzene rings is 2. The first-order valence-corrected chi connectivity index (χ1v) is 10.5. The molecule has 0 radical (unpaired) electrons. The van der Waals surface area contributed by atoms with Gasteiger partial charge in [0.1, 0.15) is 0 Å². The van der Waals surface area contributed by atoms with E-state index in [0.29, 0.717) is 10.7 Å². The molecule has 0 spiro atoms. The van der Waals surface area contributed by atoms with E-state index in [-0.39, 0.29) is 30.2 Å². The number of ether oxygens (including phenoxy) is 1. The Balaban J connectivity index is 1.86. The summed E-state index contributed by atoms with van der Waals surface area (Å²) in [6.45, 7) is 1.90. The Hall–Kier alpha value is -2.58. The highest BCUT2D eigenvalue weighted by molar-refractivity contribution is 7.92. The minimum Gasteiger partial charge on any atom is -0.461 e. The van der Waals surface area contributed by atoms with Gasteiger partial charge in [-0.2, -0.15) is 0 Å². The predicted octanol–water partition coefficient (Wildman–Crippen LogP) is 3.24. The molecular formula is C19H19ClN2O5S. The first kappa shape index (κ1) is 20.2. The van der Waals surface area contributed by atoms with Gasteiger partial charge in [-0.15, -0.1) is 0 Å². The smallest absolute Gasteiger partial charge is 0.356 e. The summed E-state index contributed by atoms with van der Waals surface area (Å²) in [5, 5.41) is 4.24. The van der Waals surface area contributed by atoms with Crippen molar-refractivity contribution in [3.05, 3.63) is 59.6 Å². The van der Waals surface area contributed by atoms with Crippen molar-refractivity contribution in [1.29, 1.82) is 0 Å². The lowest BCUT2D eigenvalue weighted by molar-refractivity contribution is -0.135. The first-order chi connectivity index (χ1) is 13.4. The number of carbonyl (C=O) groups is 1. The highest BCUT2D eigenvalue weighted by Crippen LogP contribution is 2.27. The number of halogens is 1. The molecule has 3 rings (SSSR count). The lowest BCUT2D eigenvalue weighted by atomic mass is 10.2. The molecule has 0 amide bonds.